The third-order valence-electron chi connectivity index (χ3n) is 7.05. The minimum absolute atomic E-state index is 0.135. The van der Waals surface area contributed by atoms with Gasteiger partial charge in [-0.05, 0) is 93.3 Å². The van der Waals surface area contributed by atoms with Crippen LogP contribution in [0.15, 0.2) is 47.4 Å². The molecule has 0 bridgehead atoms. The first-order chi connectivity index (χ1) is 17.4. The SMILES string of the molecule is C[C@H](NCC1CC1)c1ccc2c(c1)CCC[C@H]2NC(=O)C[C@H](C)NS(=O)(=O)c1cccc(C(F)(F)F)c1. The third-order valence-corrected chi connectivity index (χ3v) is 8.63. The molecule has 3 atom stereocenters. The van der Waals surface area contributed by atoms with Crippen LogP contribution in [0.5, 0.6) is 0 Å². The fraction of sp³-hybridized carbons (Fsp3) is 0.519. The van der Waals surface area contributed by atoms with E-state index < -0.39 is 32.7 Å². The molecule has 1 saturated carbocycles. The molecule has 1 fully saturated rings. The van der Waals surface area contributed by atoms with Gasteiger partial charge in [-0.15, -0.1) is 0 Å². The molecule has 2 aromatic rings. The van der Waals surface area contributed by atoms with Crippen LogP contribution in [0.25, 0.3) is 0 Å². The first-order valence-corrected chi connectivity index (χ1v) is 14.3. The third kappa shape index (κ3) is 7.33. The molecule has 0 unspecified atom stereocenters. The van der Waals surface area contributed by atoms with Crippen LogP contribution in [0.2, 0.25) is 0 Å². The van der Waals surface area contributed by atoms with E-state index in [0.717, 1.165) is 55.5 Å². The van der Waals surface area contributed by atoms with Crippen molar-refractivity contribution in [3.05, 3.63) is 64.7 Å². The van der Waals surface area contributed by atoms with Gasteiger partial charge in [-0.1, -0.05) is 24.3 Å². The first-order valence-electron chi connectivity index (χ1n) is 12.8. The molecule has 0 aliphatic heterocycles. The molecule has 0 aromatic heterocycles. The van der Waals surface area contributed by atoms with Gasteiger partial charge in [0.05, 0.1) is 16.5 Å². The maximum Gasteiger partial charge on any atom is 0.416 e. The van der Waals surface area contributed by atoms with Gasteiger partial charge >= 0.3 is 6.18 Å². The van der Waals surface area contributed by atoms with E-state index in [1.807, 2.05) is 0 Å². The Morgan fingerprint density at radius 2 is 1.84 bits per heavy atom. The summed E-state index contributed by atoms with van der Waals surface area (Å²) in [5.74, 6) is 0.484. The monoisotopic (exact) mass is 537 g/mol. The van der Waals surface area contributed by atoms with Gasteiger partial charge in [0, 0.05) is 18.5 Å². The van der Waals surface area contributed by atoms with Crippen LogP contribution in [0.3, 0.4) is 0 Å². The molecule has 0 saturated heterocycles. The fourth-order valence-corrected chi connectivity index (χ4v) is 6.07. The second-order valence-electron chi connectivity index (χ2n) is 10.3. The van der Waals surface area contributed by atoms with Crippen molar-refractivity contribution in [2.75, 3.05) is 6.54 Å². The van der Waals surface area contributed by atoms with Crippen molar-refractivity contribution >= 4 is 15.9 Å². The molecule has 4 rings (SSSR count). The van der Waals surface area contributed by atoms with Crippen LogP contribution >= 0.6 is 0 Å². The quantitative estimate of drug-likeness (QED) is 0.397. The second-order valence-corrected chi connectivity index (χ2v) is 12.0. The van der Waals surface area contributed by atoms with Crippen LogP contribution in [0.4, 0.5) is 13.2 Å². The molecule has 37 heavy (non-hydrogen) atoms. The van der Waals surface area contributed by atoms with Gasteiger partial charge in [0.15, 0.2) is 0 Å². The van der Waals surface area contributed by atoms with Crippen LogP contribution in [-0.2, 0) is 27.4 Å². The summed E-state index contributed by atoms with van der Waals surface area (Å²) in [5, 5.41) is 6.61. The Bertz CT molecular complexity index is 1230. The lowest BCUT2D eigenvalue weighted by atomic mass is 9.85. The predicted octanol–water partition coefficient (Wildman–Crippen LogP) is 5.02. The number of benzene rings is 2. The van der Waals surface area contributed by atoms with Gasteiger partial charge in [-0.3, -0.25) is 4.79 Å². The number of aryl methyl sites for hydroxylation is 1. The molecule has 3 N–H and O–H groups in total. The molecule has 1 amide bonds. The van der Waals surface area contributed by atoms with E-state index in [4.69, 9.17) is 0 Å². The number of rotatable bonds is 10. The number of hydrogen-bond donors (Lipinski definition) is 3. The zero-order chi connectivity index (χ0) is 26.8. The van der Waals surface area contributed by atoms with Crippen molar-refractivity contribution in [2.45, 2.75) is 81.6 Å². The van der Waals surface area contributed by atoms with Crippen molar-refractivity contribution in [3.8, 4) is 0 Å². The minimum atomic E-state index is -4.65. The van der Waals surface area contributed by atoms with Gasteiger partial charge in [-0.2, -0.15) is 13.2 Å². The van der Waals surface area contributed by atoms with E-state index in [9.17, 15) is 26.4 Å². The van der Waals surface area contributed by atoms with E-state index in [1.165, 1.54) is 30.9 Å². The molecule has 0 radical (unpaired) electrons. The summed E-state index contributed by atoms with van der Waals surface area (Å²) < 4.78 is 66.5. The van der Waals surface area contributed by atoms with Gasteiger partial charge in [0.1, 0.15) is 0 Å². The highest BCUT2D eigenvalue weighted by atomic mass is 32.2. The van der Waals surface area contributed by atoms with Crippen molar-refractivity contribution in [2.24, 2.45) is 5.92 Å². The lowest BCUT2D eigenvalue weighted by Gasteiger charge is -2.28. The highest BCUT2D eigenvalue weighted by Gasteiger charge is 2.32. The standard InChI is InChI=1S/C27H34F3N3O3S/c1-17(33-37(35,36)23-7-4-6-22(15-23)27(28,29)30)13-26(34)32-25-8-3-5-21-14-20(11-12-24(21)25)18(2)31-16-19-9-10-19/h4,6-7,11-12,14-15,17-19,25,31,33H,3,5,8-10,13,16H2,1-2H3,(H,32,34)/t17-,18-,25+/m0/s1. The zero-order valence-electron chi connectivity index (χ0n) is 21.1. The average Bonchev–Trinajstić information content (AvgIpc) is 3.66. The van der Waals surface area contributed by atoms with E-state index in [-0.39, 0.29) is 24.4 Å². The fourth-order valence-electron chi connectivity index (χ4n) is 4.78. The molecule has 6 nitrogen and oxygen atoms in total. The molecule has 2 aliphatic rings. The van der Waals surface area contributed by atoms with Crippen LogP contribution in [-0.4, -0.2) is 26.9 Å². The number of nitrogens with one attached hydrogen (secondary N) is 3. The van der Waals surface area contributed by atoms with Crippen LogP contribution in [0.1, 0.15) is 80.3 Å². The predicted molar refractivity (Wildman–Crippen MR) is 135 cm³/mol. The van der Waals surface area contributed by atoms with E-state index >= 15 is 0 Å². The molecular formula is C27H34F3N3O3S. The Labute approximate surface area is 216 Å². The Morgan fingerprint density at radius 3 is 2.54 bits per heavy atom. The Hall–Kier alpha value is -2.43. The van der Waals surface area contributed by atoms with Gasteiger partial charge in [0.25, 0.3) is 0 Å². The molecule has 2 aromatic carbocycles. The molecule has 2 aliphatic carbocycles. The molecule has 0 heterocycles. The molecule has 202 valence electrons. The summed E-state index contributed by atoms with van der Waals surface area (Å²) in [7, 11) is -4.22. The number of carbonyl (C=O) groups is 1. The van der Waals surface area contributed by atoms with E-state index in [1.54, 1.807) is 0 Å². The van der Waals surface area contributed by atoms with Crippen LogP contribution in [0, 0.1) is 5.92 Å². The maximum absolute atomic E-state index is 13.0. The summed E-state index contributed by atoms with van der Waals surface area (Å²) in [4.78, 5) is 12.3. The lowest BCUT2D eigenvalue weighted by molar-refractivity contribution is -0.137. The topological polar surface area (TPSA) is 87.3 Å². The van der Waals surface area contributed by atoms with E-state index in [2.05, 4.69) is 40.5 Å². The smallest absolute Gasteiger partial charge is 0.349 e. The summed E-state index contributed by atoms with van der Waals surface area (Å²) in [6, 6.07) is 9.22. The zero-order valence-corrected chi connectivity index (χ0v) is 21.9. The van der Waals surface area contributed by atoms with Crippen molar-refractivity contribution in [1.82, 2.24) is 15.4 Å². The molecule has 10 heteroatoms. The summed E-state index contributed by atoms with van der Waals surface area (Å²) >= 11 is 0. The summed E-state index contributed by atoms with van der Waals surface area (Å²) in [5.41, 5.74) is 2.47. The van der Waals surface area contributed by atoms with Crippen molar-refractivity contribution in [3.63, 3.8) is 0 Å². The minimum Gasteiger partial charge on any atom is -0.349 e. The molecule has 0 spiro atoms. The maximum atomic E-state index is 13.0. The van der Waals surface area contributed by atoms with Gasteiger partial charge in [0.2, 0.25) is 15.9 Å². The largest absolute Gasteiger partial charge is 0.416 e. The number of halogens is 3. The van der Waals surface area contributed by atoms with Gasteiger partial charge in [-0.25, -0.2) is 13.1 Å². The van der Waals surface area contributed by atoms with Gasteiger partial charge < -0.3 is 10.6 Å². The number of fused-ring (bicyclic) bond motifs is 1. The molecular weight excluding hydrogens is 503 g/mol. The number of hydrogen-bond acceptors (Lipinski definition) is 4. The van der Waals surface area contributed by atoms with Crippen LogP contribution < -0.4 is 15.4 Å². The Morgan fingerprint density at radius 1 is 1.08 bits per heavy atom. The number of amides is 1. The summed E-state index contributed by atoms with van der Waals surface area (Å²) in [6.45, 7) is 4.71. The highest BCUT2D eigenvalue weighted by molar-refractivity contribution is 7.89. The number of alkyl halides is 3. The highest BCUT2D eigenvalue weighted by Crippen LogP contribution is 2.33. The van der Waals surface area contributed by atoms with E-state index in [0.29, 0.717) is 6.07 Å². The average molecular weight is 538 g/mol. The first kappa shape index (κ1) is 27.6. The Balaban J connectivity index is 1.35. The second kappa shape index (κ2) is 11.1. The van der Waals surface area contributed by atoms with Crippen molar-refractivity contribution < 1.29 is 26.4 Å². The number of sulfonamides is 1. The number of carbonyl (C=O) groups excluding carboxylic acids is 1. The summed E-state index contributed by atoms with van der Waals surface area (Å²) in [6.07, 6.45) is 0.482. The normalized spacial score (nSPS) is 19.6. The lowest BCUT2D eigenvalue weighted by Crippen LogP contribution is -2.39. The van der Waals surface area contributed by atoms with Crippen molar-refractivity contribution in [1.29, 1.82) is 0 Å². The Kier molecular flexibility index (Phi) is 8.30.